The molecule has 0 aliphatic carbocycles. The molecule has 0 heterocycles. The van der Waals surface area contributed by atoms with Crippen molar-refractivity contribution < 1.29 is 4.79 Å². The zero-order chi connectivity index (χ0) is 13.8. The van der Waals surface area contributed by atoms with Crippen LogP contribution in [0.4, 0.5) is 0 Å². The third kappa shape index (κ3) is 3.27. The number of benzene rings is 2. The van der Waals surface area contributed by atoms with Gasteiger partial charge in [0, 0.05) is 21.8 Å². The van der Waals surface area contributed by atoms with Crippen molar-refractivity contribution in [3.8, 4) is 0 Å². The Morgan fingerprint density at radius 3 is 2.47 bits per heavy atom. The van der Waals surface area contributed by atoms with Crippen molar-refractivity contribution >= 4 is 17.5 Å². The number of hydrogen-bond acceptors (Lipinski definition) is 2. The highest BCUT2D eigenvalue weighted by molar-refractivity contribution is 7.99. The van der Waals surface area contributed by atoms with Gasteiger partial charge in [-0.1, -0.05) is 54.6 Å². The van der Waals surface area contributed by atoms with Gasteiger partial charge in [-0.2, -0.15) is 0 Å². The van der Waals surface area contributed by atoms with E-state index in [0.29, 0.717) is 6.42 Å². The van der Waals surface area contributed by atoms with Crippen molar-refractivity contribution in [3.63, 3.8) is 0 Å². The molecule has 0 aliphatic rings. The minimum absolute atomic E-state index is 0.202. The number of carbonyl (C=O) groups excluding carboxylic acids is 1. The van der Waals surface area contributed by atoms with Crippen LogP contribution in [0.3, 0.4) is 0 Å². The van der Waals surface area contributed by atoms with Gasteiger partial charge in [-0.05, 0) is 31.5 Å². The van der Waals surface area contributed by atoms with Crippen molar-refractivity contribution in [1.29, 1.82) is 0 Å². The Kier molecular flexibility index (Phi) is 4.43. The Morgan fingerprint density at radius 1 is 1.05 bits per heavy atom. The lowest BCUT2D eigenvalue weighted by Crippen LogP contribution is -1.98. The third-order valence-corrected chi connectivity index (χ3v) is 4.31. The highest BCUT2D eigenvalue weighted by atomic mass is 32.2. The molecule has 2 heteroatoms. The number of aryl methyl sites for hydroxylation is 2. The van der Waals surface area contributed by atoms with Crippen molar-refractivity contribution in [1.82, 2.24) is 0 Å². The Morgan fingerprint density at radius 2 is 1.79 bits per heavy atom. The molecule has 0 unspecified atom stereocenters. The molecule has 0 N–H and O–H groups in total. The molecule has 19 heavy (non-hydrogen) atoms. The standard InChI is InChI=1S/C17H18OS/c1-4-15(18)14-7-5-6-8-17(14)19-16-10-9-12(2)11-13(16)3/h5-11H,4H2,1-3H3. The predicted molar refractivity (Wildman–Crippen MR) is 81.1 cm³/mol. The summed E-state index contributed by atoms with van der Waals surface area (Å²) in [6.07, 6.45) is 0.546. The summed E-state index contributed by atoms with van der Waals surface area (Å²) >= 11 is 1.67. The first kappa shape index (κ1) is 13.9. The highest BCUT2D eigenvalue weighted by Gasteiger charge is 2.11. The van der Waals surface area contributed by atoms with Gasteiger partial charge in [0.25, 0.3) is 0 Å². The molecule has 1 nitrogen and oxygen atoms in total. The molecule has 0 saturated carbocycles. The van der Waals surface area contributed by atoms with Crippen LogP contribution in [0.1, 0.15) is 34.8 Å². The van der Waals surface area contributed by atoms with E-state index < -0.39 is 0 Å². The lowest BCUT2D eigenvalue weighted by Gasteiger charge is -2.10. The molecule has 0 saturated heterocycles. The largest absolute Gasteiger partial charge is 0.294 e. The van der Waals surface area contributed by atoms with Gasteiger partial charge in [0.05, 0.1) is 0 Å². The minimum Gasteiger partial charge on any atom is -0.294 e. The van der Waals surface area contributed by atoms with Gasteiger partial charge in [0.1, 0.15) is 0 Å². The summed E-state index contributed by atoms with van der Waals surface area (Å²) in [6, 6.07) is 14.3. The van der Waals surface area contributed by atoms with E-state index in [-0.39, 0.29) is 5.78 Å². The average molecular weight is 270 g/mol. The summed E-state index contributed by atoms with van der Waals surface area (Å²) in [7, 11) is 0. The summed E-state index contributed by atoms with van der Waals surface area (Å²) in [5.74, 6) is 0.202. The van der Waals surface area contributed by atoms with E-state index in [2.05, 4.69) is 32.0 Å². The van der Waals surface area contributed by atoms with Gasteiger partial charge >= 0.3 is 0 Å². The molecule has 0 amide bonds. The van der Waals surface area contributed by atoms with Crippen LogP contribution in [0.25, 0.3) is 0 Å². The van der Waals surface area contributed by atoms with Gasteiger partial charge in [0.2, 0.25) is 0 Å². The van der Waals surface area contributed by atoms with Crippen molar-refractivity contribution in [2.24, 2.45) is 0 Å². The van der Waals surface area contributed by atoms with E-state index in [4.69, 9.17) is 0 Å². The monoisotopic (exact) mass is 270 g/mol. The summed E-state index contributed by atoms with van der Waals surface area (Å²) in [6.45, 7) is 6.11. The fourth-order valence-electron chi connectivity index (χ4n) is 2.01. The van der Waals surface area contributed by atoms with E-state index in [1.807, 2.05) is 31.2 Å². The molecule has 0 aliphatic heterocycles. The smallest absolute Gasteiger partial charge is 0.163 e. The molecule has 2 aromatic rings. The maximum atomic E-state index is 12.0. The second kappa shape index (κ2) is 6.07. The minimum atomic E-state index is 0.202. The predicted octanol–water partition coefficient (Wildman–Crippen LogP) is 5.05. The summed E-state index contributed by atoms with van der Waals surface area (Å²) in [5.41, 5.74) is 3.35. The molecule has 0 atom stereocenters. The third-order valence-electron chi connectivity index (χ3n) is 3.06. The van der Waals surface area contributed by atoms with Crippen molar-refractivity contribution in [2.45, 2.75) is 37.0 Å². The molecule has 2 aromatic carbocycles. The normalized spacial score (nSPS) is 10.5. The SMILES string of the molecule is CCC(=O)c1ccccc1Sc1ccc(C)cc1C. The first-order valence-electron chi connectivity index (χ1n) is 6.49. The molecule has 0 bridgehead atoms. The van der Waals surface area contributed by atoms with E-state index in [1.165, 1.54) is 16.0 Å². The fraction of sp³-hybridized carbons (Fsp3) is 0.235. The number of hydrogen-bond donors (Lipinski definition) is 0. The van der Waals surface area contributed by atoms with Gasteiger partial charge < -0.3 is 0 Å². The first-order chi connectivity index (χ1) is 9.11. The number of Topliss-reactive ketones (excluding diaryl/α,β-unsaturated/α-hetero) is 1. The molecular weight excluding hydrogens is 252 g/mol. The maximum Gasteiger partial charge on any atom is 0.163 e. The van der Waals surface area contributed by atoms with Gasteiger partial charge in [-0.15, -0.1) is 0 Å². The molecule has 2 rings (SSSR count). The zero-order valence-electron chi connectivity index (χ0n) is 11.6. The van der Waals surface area contributed by atoms with E-state index in [1.54, 1.807) is 11.8 Å². The second-order valence-electron chi connectivity index (χ2n) is 4.64. The quantitative estimate of drug-likeness (QED) is 0.723. The van der Waals surface area contributed by atoms with Crippen LogP contribution in [0.2, 0.25) is 0 Å². The van der Waals surface area contributed by atoms with E-state index in [0.717, 1.165) is 10.5 Å². The van der Waals surface area contributed by atoms with Crippen LogP contribution in [0.5, 0.6) is 0 Å². The number of rotatable bonds is 4. The van der Waals surface area contributed by atoms with Gasteiger partial charge in [0.15, 0.2) is 5.78 Å². The van der Waals surface area contributed by atoms with Gasteiger partial charge in [-0.3, -0.25) is 4.79 Å². The van der Waals surface area contributed by atoms with Crippen molar-refractivity contribution in [3.05, 3.63) is 59.2 Å². The highest BCUT2D eigenvalue weighted by Crippen LogP contribution is 2.33. The Bertz CT molecular complexity index is 602. The molecule has 0 spiro atoms. The lowest BCUT2D eigenvalue weighted by molar-refractivity contribution is 0.0985. The topological polar surface area (TPSA) is 17.1 Å². The summed E-state index contributed by atoms with van der Waals surface area (Å²) in [5, 5.41) is 0. The first-order valence-corrected chi connectivity index (χ1v) is 7.30. The lowest BCUT2D eigenvalue weighted by atomic mass is 10.1. The molecule has 98 valence electrons. The van der Waals surface area contributed by atoms with Crippen LogP contribution in [-0.4, -0.2) is 5.78 Å². The molecular formula is C17H18OS. The van der Waals surface area contributed by atoms with Crippen LogP contribution in [0.15, 0.2) is 52.3 Å². The second-order valence-corrected chi connectivity index (χ2v) is 5.73. The molecule has 0 radical (unpaired) electrons. The Balaban J connectivity index is 2.35. The Hall–Kier alpha value is -1.54. The average Bonchev–Trinajstić information content (AvgIpc) is 2.41. The zero-order valence-corrected chi connectivity index (χ0v) is 12.4. The Labute approximate surface area is 119 Å². The van der Waals surface area contributed by atoms with Crippen molar-refractivity contribution in [2.75, 3.05) is 0 Å². The fourth-order valence-corrected chi connectivity index (χ4v) is 3.04. The summed E-state index contributed by atoms with van der Waals surface area (Å²) < 4.78 is 0. The molecule has 0 aromatic heterocycles. The van der Waals surface area contributed by atoms with E-state index >= 15 is 0 Å². The van der Waals surface area contributed by atoms with E-state index in [9.17, 15) is 4.79 Å². The van der Waals surface area contributed by atoms with Crippen LogP contribution < -0.4 is 0 Å². The van der Waals surface area contributed by atoms with Crippen LogP contribution in [-0.2, 0) is 0 Å². The summed E-state index contributed by atoms with van der Waals surface area (Å²) in [4.78, 5) is 14.2. The number of ketones is 1. The van der Waals surface area contributed by atoms with Gasteiger partial charge in [-0.25, -0.2) is 0 Å². The number of carbonyl (C=O) groups is 1. The van der Waals surface area contributed by atoms with Crippen LogP contribution >= 0.6 is 11.8 Å². The maximum absolute atomic E-state index is 12.0. The van der Waals surface area contributed by atoms with Crippen LogP contribution in [0, 0.1) is 13.8 Å². The molecule has 0 fully saturated rings.